The molecule has 9 heteroatoms. The molecule has 3 aliphatic rings. The molecule has 204 valence electrons. The van der Waals surface area contributed by atoms with Gasteiger partial charge in [-0.3, -0.25) is 14.4 Å². The van der Waals surface area contributed by atoms with E-state index < -0.39 is 34.2 Å². The standard InChI is InChI=1S/C28H41N3O5S/c1-7-16(3)19(15-32)31-23(25(34)30-27(4,5)6)28-14-13-20(37-28)21(22(28)26(31)35)24(33)29-17-9-11-18(12-10-17)36-8-2/h9-12,16,19-23,32H,7-8,13-15H2,1-6H3,(H,29,33)(H,30,34)/t16-,19-,20+,21-,22-,23?,28?/m0/s1. The summed E-state index contributed by atoms with van der Waals surface area (Å²) >= 11 is 1.64. The number of benzene rings is 1. The fraction of sp³-hybridized carbons (Fsp3) is 0.679. The average molecular weight is 532 g/mol. The van der Waals surface area contributed by atoms with Gasteiger partial charge in [-0.15, -0.1) is 11.8 Å². The van der Waals surface area contributed by atoms with E-state index >= 15 is 0 Å². The second-order valence-corrected chi connectivity index (χ2v) is 13.2. The van der Waals surface area contributed by atoms with Crippen LogP contribution in [-0.2, 0) is 14.4 Å². The predicted octanol–water partition coefficient (Wildman–Crippen LogP) is 3.44. The maximum atomic E-state index is 14.2. The van der Waals surface area contributed by atoms with E-state index in [0.717, 1.165) is 18.6 Å². The molecule has 3 N–H and O–H groups in total. The van der Waals surface area contributed by atoms with Crippen LogP contribution in [0, 0.1) is 17.8 Å². The van der Waals surface area contributed by atoms with Crippen molar-refractivity contribution >= 4 is 35.2 Å². The second kappa shape index (κ2) is 10.5. The van der Waals surface area contributed by atoms with Crippen LogP contribution >= 0.6 is 11.8 Å². The van der Waals surface area contributed by atoms with Crippen molar-refractivity contribution in [3.63, 3.8) is 0 Å². The molecule has 3 heterocycles. The summed E-state index contributed by atoms with van der Waals surface area (Å²) in [5, 5.41) is 16.5. The predicted molar refractivity (Wildman–Crippen MR) is 145 cm³/mol. The maximum Gasteiger partial charge on any atom is 0.244 e. The molecule has 3 aliphatic heterocycles. The molecule has 1 aromatic rings. The lowest BCUT2D eigenvalue weighted by Gasteiger charge is -2.40. The molecule has 7 atom stereocenters. The molecule has 2 bridgehead atoms. The fourth-order valence-electron chi connectivity index (χ4n) is 6.33. The van der Waals surface area contributed by atoms with Crippen LogP contribution in [0.3, 0.4) is 0 Å². The first-order chi connectivity index (χ1) is 17.5. The summed E-state index contributed by atoms with van der Waals surface area (Å²) in [6.45, 7) is 12.0. The van der Waals surface area contributed by atoms with Crippen molar-refractivity contribution in [1.29, 1.82) is 0 Å². The Morgan fingerprint density at radius 3 is 2.46 bits per heavy atom. The Labute approximate surface area is 224 Å². The third-order valence-corrected chi connectivity index (χ3v) is 10.0. The van der Waals surface area contributed by atoms with Crippen LogP contribution in [-0.4, -0.2) is 68.6 Å². The quantitative estimate of drug-likeness (QED) is 0.451. The molecular formula is C28H41N3O5S. The summed E-state index contributed by atoms with van der Waals surface area (Å²) in [5.74, 6) is -0.989. The maximum absolute atomic E-state index is 14.2. The van der Waals surface area contributed by atoms with Gasteiger partial charge >= 0.3 is 0 Å². The van der Waals surface area contributed by atoms with Crippen LogP contribution in [0.1, 0.15) is 60.8 Å². The lowest BCUT2D eigenvalue weighted by atomic mass is 9.70. The SMILES string of the molecule is CCOc1ccc(NC(=O)[C@@H]2[C@H]3C(=O)N([C@@H](CO)[C@@H](C)CC)C(C(=O)NC(C)(C)C)C34CC[C@H]2S4)cc1. The Bertz CT molecular complexity index is 1030. The van der Waals surface area contributed by atoms with Gasteiger partial charge in [-0.2, -0.15) is 0 Å². The number of aliphatic hydroxyl groups is 1. The number of nitrogens with zero attached hydrogens (tertiary/aromatic N) is 1. The molecule has 0 aliphatic carbocycles. The molecule has 3 saturated heterocycles. The molecule has 3 fully saturated rings. The lowest BCUT2D eigenvalue weighted by molar-refractivity contribution is -0.143. The summed E-state index contributed by atoms with van der Waals surface area (Å²) in [5.41, 5.74) is 0.171. The number of anilines is 1. The van der Waals surface area contributed by atoms with Crippen molar-refractivity contribution < 1.29 is 24.2 Å². The Morgan fingerprint density at radius 1 is 1.22 bits per heavy atom. The minimum Gasteiger partial charge on any atom is -0.494 e. The molecule has 8 nitrogen and oxygen atoms in total. The molecule has 0 radical (unpaired) electrons. The minimum absolute atomic E-state index is 0.00689. The summed E-state index contributed by atoms with van der Waals surface area (Å²) in [4.78, 5) is 43.3. The molecular weight excluding hydrogens is 490 g/mol. The van der Waals surface area contributed by atoms with Crippen molar-refractivity contribution in [3.8, 4) is 5.75 Å². The Kier molecular flexibility index (Phi) is 7.87. The minimum atomic E-state index is -0.728. The molecule has 2 unspecified atom stereocenters. The highest BCUT2D eigenvalue weighted by Gasteiger charge is 2.74. The number of amides is 3. The van der Waals surface area contributed by atoms with Crippen LogP contribution < -0.4 is 15.4 Å². The fourth-order valence-corrected chi connectivity index (χ4v) is 8.53. The first-order valence-electron chi connectivity index (χ1n) is 13.4. The number of ether oxygens (including phenoxy) is 1. The zero-order valence-corrected chi connectivity index (χ0v) is 23.6. The number of hydrogen-bond acceptors (Lipinski definition) is 6. The normalized spacial score (nSPS) is 30.1. The molecule has 37 heavy (non-hydrogen) atoms. The third-order valence-electron chi connectivity index (χ3n) is 8.07. The zero-order valence-electron chi connectivity index (χ0n) is 22.7. The smallest absolute Gasteiger partial charge is 0.244 e. The van der Waals surface area contributed by atoms with E-state index in [-0.39, 0.29) is 35.5 Å². The summed E-state index contributed by atoms with van der Waals surface area (Å²) in [6.07, 6.45) is 2.23. The number of carbonyl (C=O) groups is 3. The molecule has 1 aromatic carbocycles. The van der Waals surface area contributed by atoms with Crippen LogP contribution in [0.2, 0.25) is 0 Å². The van der Waals surface area contributed by atoms with Crippen molar-refractivity contribution in [3.05, 3.63) is 24.3 Å². The van der Waals surface area contributed by atoms with Gasteiger partial charge in [0.25, 0.3) is 0 Å². The topological polar surface area (TPSA) is 108 Å². The van der Waals surface area contributed by atoms with E-state index in [4.69, 9.17) is 4.74 Å². The van der Waals surface area contributed by atoms with E-state index in [9.17, 15) is 19.5 Å². The Morgan fingerprint density at radius 2 is 1.89 bits per heavy atom. The van der Waals surface area contributed by atoms with Gasteiger partial charge in [0.1, 0.15) is 11.8 Å². The van der Waals surface area contributed by atoms with Crippen molar-refractivity contribution in [2.75, 3.05) is 18.5 Å². The summed E-state index contributed by atoms with van der Waals surface area (Å²) < 4.78 is 4.81. The van der Waals surface area contributed by atoms with Gasteiger partial charge < -0.3 is 25.4 Å². The van der Waals surface area contributed by atoms with Crippen LogP contribution in [0.5, 0.6) is 5.75 Å². The summed E-state index contributed by atoms with van der Waals surface area (Å²) in [7, 11) is 0. The van der Waals surface area contributed by atoms with E-state index in [1.54, 1.807) is 28.8 Å². The summed E-state index contributed by atoms with van der Waals surface area (Å²) in [6, 6.07) is 6.00. The van der Waals surface area contributed by atoms with Crippen LogP contribution in [0.25, 0.3) is 0 Å². The largest absolute Gasteiger partial charge is 0.494 e. The number of thioether (sulfide) groups is 1. The van der Waals surface area contributed by atoms with Crippen molar-refractivity contribution in [2.45, 2.75) is 88.4 Å². The number of nitrogens with one attached hydrogen (secondary N) is 2. The number of carbonyl (C=O) groups excluding carboxylic acids is 3. The van der Waals surface area contributed by atoms with E-state index in [1.807, 2.05) is 53.7 Å². The van der Waals surface area contributed by atoms with Gasteiger partial charge in [0.2, 0.25) is 17.7 Å². The number of aliphatic hydroxyl groups excluding tert-OH is 1. The Balaban J connectivity index is 1.68. The highest BCUT2D eigenvalue weighted by molar-refractivity contribution is 8.02. The molecule has 1 spiro atoms. The molecule has 3 amide bonds. The van der Waals surface area contributed by atoms with Gasteiger partial charge in [0, 0.05) is 16.5 Å². The zero-order chi connectivity index (χ0) is 27.1. The molecule has 0 aromatic heterocycles. The van der Waals surface area contributed by atoms with Crippen LogP contribution in [0.4, 0.5) is 5.69 Å². The van der Waals surface area contributed by atoms with E-state index in [0.29, 0.717) is 18.7 Å². The highest BCUT2D eigenvalue weighted by Crippen LogP contribution is 2.66. The third kappa shape index (κ3) is 4.97. The van der Waals surface area contributed by atoms with E-state index in [1.165, 1.54) is 0 Å². The number of rotatable bonds is 9. The monoisotopic (exact) mass is 531 g/mol. The first-order valence-corrected chi connectivity index (χ1v) is 14.3. The van der Waals surface area contributed by atoms with Crippen LogP contribution in [0.15, 0.2) is 24.3 Å². The average Bonchev–Trinajstić information content (AvgIpc) is 3.47. The number of hydrogen-bond donors (Lipinski definition) is 3. The van der Waals surface area contributed by atoms with Gasteiger partial charge in [-0.1, -0.05) is 20.3 Å². The molecule has 0 saturated carbocycles. The lowest BCUT2D eigenvalue weighted by Crippen LogP contribution is -2.60. The van der Waals surface area contributed by atoms with Gasteiger partial charge in [0.15, 0.2) is 0 Å². The van der Waals surface area contributed by atoms with Crippen molar-refractivity contribution in [1.82, 2.24) is 10.2 Å². The van der Waals surface area contributed by atoms with Gasteiger partial charge in [-0.05, 0) is 70.7 Å². The molecule has 4 rings (SSSR count). The van der Waals surface area contributed by atoms with Gasteiger partial charge in [0.05, 0.1) is 35.8 Å². The second-order valence-electron chi connectivity index (χ2n) is 11.6. The number of fused-ring (bicyclic) bond motifs is 1. The Hall–Kier alpha value is -2.26. The van der Waals surface area contributed by atoms with Gasteiger partial charge in [-0.25, -0.2) is 0 Å². The highest BCUT2D eigenvalue weighted by atomic mass is 32.2. The first kappa shape index (κ1) is 27.8. The number of likely N-dealkylation sites (tertiary alicyclic amines) is 1. The van der Waals surface area contributed by atoms with E-state index in [2.05, 4.69) is 10.6 Å². The van der Waals surface area contributed by atoms with Crippen molar-refractivity contribution in [2.24, 2.45) is 17.8 Å².